The maximum Gasteiger partial charge on any atom is 0.401 e. The van der Waals surface area contributed by atoms with E-state index in [4.69, 9.17) is 0 Å². The topological polar surface area (TPSA) is 79.2 Å². The SMILES string of the molecule is CC(C)N(CC(=O)c1cc([N+](=O)[O-])c[nH]1)CC(F)(F)F. The quantitative estimate of drug-likeness (QED) is 0.496. The Morgan fingerprint density at radius 2 is 2.10 bits per heavy atom. The molecule has 0 bridgehead atoms. The normalized spacial score (nSPS) is 12.2. The molecule has 0 radical (unpaired) electrons. The van der Waals surface area contributed by atoms with Crippen LogP contribution in [0.5, 0.6) is 0 Å². The van der Waals surface area contributed by atoms with Gasteiger partial charge in [-0.25, -0.2) is 0 Å². The van der Waals surface area contributed by atoms with Crippen molar-refractivity contribution < 1.29 is 22.9 Å². The van der Waals surface area contributed by atoms with Gasteiger partial charge in [-0.1, -0.05) is 0 Å². The summed E-state index contributed by atoms with van der Waals surface area (Å²) in [5.74, 6) is -0.629. The van der Waals surface area contributed by atoms with Crippen molar-refractivity contribution in [3.8, 4) is 0 Å². The monoisotopic (exact) mass is 293 g/mol. The second-order valence-corrected chi connectivity index (χ2v) is 4.57. The molecule has 112 valence electrons. The van der Waals surface area contributed by atoms with Crippen molar-refractivity contribution in [3.05, 3.63) is 28.1 Å². The maximum atomic E-state index is 12.4. The van der Waals surface area contributed by atoms with Crippen LogP contribution in [-0.2, 0) is 0 Å². The fraction of sp³-hybridized carbons (Fsp3) is 0.545. The Balaban J connectivity index is 2.77. The van der Waals surface area contributed by atoms with Gasteiger partial charge in [-0.2, -0.15) is 13.2 Å². The third-order valence-corrected chi connectivity index (χ3v) is 2.64. The molecule has 20 heavy (non-hydrogen) atoms. The first-order valence-corrected chi connectivity index (χ1v) is 5.77. The lowest BCUT2D eigenvalue weighted by Gasteiger charge is -2.26. The highest BCUT2D eigenvalue weighted by molar-refractivity contribution is 5.96. The number of carbonyl (C=O) groups excluding carboxylic acids is 1. The van der Waals surface area contributed by atoms with E-state index in [-0.39, 0.29) is 11.4 Å². The zero-order chi connectivity index (χ0) is 15.5. The molecule has 0 aromatic carbocycles. The Morgan fingerprint density at radius 3 is 2.50 bits per heavy atom. The van der Waals surface area contributed by atoms with E-state index in [9.17, 15) is 28.1 Å². The van der Waals surface area contributed by atoms with Crippen LogP contribution in [-0.4, -0.2) is 45.9 Å². The number of carbonyl (C=O) groups is 1. The average molecular weight is 293 g/mol. The summed E-state index contributed by atoms with van der Waals surface area (Å²) in [6.07, 6.45) is -3.39. The number of aromatic nitrogens is 1. The van der Waals surface area contributed by atoms with Crippen LogP contribution in [0, 0.1) is 10.1 Å². The molecule has 1 rings (SSSR count). The van der Waals surface area contributed by atoms with E-state index in [1.165, 1.54) is 13.8 Å². The van der Waals surface area contributed by atoms with Gasteiger partial charge in [0.05, 0.1) is 29.9 Å². The van der Waals surface area contributed by atoms with Crippen molar-refractivity contribution >= 4 is 11.5 Å². The molecule has 0 aliphatic carbocycles. The Hall–Kier alpha value is -1.90. The van der Waals surface area contributed by atoms with Crippen LogP contribution < -0.4 is 0 Å². The fourth-order valence-corrected chi connectivity index (χ4v) is 1.57. The smallest absolute Gasteiger partial charge is 0.353 e. The zero-order valence-electron chi connectivity index (χ0n) is 10.9. The number of H-pyrrole nitrogens is 1. The number of hydrogen-bond donors (Lipinski definition) is 1. The summed E-state index contributed by atoms with van der Waals surface area (Å²) in [5, 5.41) is 10.5. The van der Waals surface area contributed by atoms with E-state index in [1.54, 1.807) is 0 Å². The number of aromatic amines is 1. The second-order valence-electron chi connectivity index (χ2n) is 4.57. The summed E-state index contributed by atoms with van der Waals surface area (Å²) >= 11 is 0. The van der Waals surface area contributed by atoms with Gasteiger partial charge in [-0.15, -0.1) is 0 Å². The molecule has 0 saturated heterocycles. The highest BCUT2D eigenvalue weighted by Crippen LogP contribution is 2.19. The molecular weight excluding hydrogens is 279 g/mol. The molecule has 0 unspecified atom stereocenters. The van der Waals surface area contributed by atoms with Crippen LogP contribution in [0.2, 0.25) is 0 Å². The van der Waals surface area contributed by atoms with E-state index in [0.29, 0.717) is 0 Å². The zero-order valence-corrected chi connectivity index (χ0v) is 10.9. The van der Waals surface area contributed by atoms with Crippen molar-refractivity contribution in [3.63, 3.8) is 0 Å². The van der Waals surface area contributed by atoms with E-state index in [2.05, 4.69) is 4.98 Å². The third kappa shape index (κ3) is 4.65. The molecule has 0 aliphatic heterocycles. The molecule has 0 spiro atoms. The highest BCUT2D eigenvalue weighted by atomic mass is 19.4. The van der Waals surface area contributed by atoms with Crippen LogP contribution in [0.15, 0.2) is 12.3 Å². The van der Waals surface area contributed by atoms with Crippen molar-refractivity contribution in [1.29, 1.82) is 0 Å². The first-order valence-electron chi connectivity index (χ1n) is 5.77. The molecule has 6 nitrogen and oxygen atoms in total. The van der Waals surface area contributed by atoms with Crippen molar-refractivity contribution in [1.82, 2.24) is 9.88 Å². The van der Waals surface area contributed by atoms with Crippen molar-refractivity contribution in [2.45, 2.75) is 26.1 Å². The molecule has 0 amide bonds. The van der Waals surface area contributed by atoms with E-state index >= 15 is 0 Å². The van der Waals surface area contributed by atoms with Crippen LogP contribution in [0.3, 0.4) is 0 Å². The van der Waals surface area contributed by atoms with Gasteiger partial charge < -0.3 is 4.98 Å². The molecule has 1 aromatic heterocycles. The van der Waals surface area contributed by atoms with Gasteiger partial charge in [-0.3, -0.25) is 19.8 Å². The minimum Gasteiger partial charge on any atom is -0.353 e. The number of hydrogen-bond acceptors (Lipinski definition) is 4. The predicted octanol–water partition coefficient (Wildman–Crippen LogP) is 2.38. The largest absolute Gasteiger partial charge is 0.401 e. The highest BCUT2D eigenvalue weighted by Gasteiger charge is 2.33. The van der Waals surface area contributed by atoms with Crippen LogP contribution in [0.1, 0.15) is 24.3 Å². The molecule has 0 fully saturated rings. The number of nitro groups is 1. The van der Waals surface area contributed by atoms with Gasteiger partial charge in [0.15, 0.2) is 5.78 Å². The summed E-state index contributed by atoms with van der Waals surface area (Å²) < 4.78 is 37.1. The number of nitrogens with zero attached hydrogens (tertiary/aromatic N) is 2. The van der Waals surface area contributed by atoms with Crippen LogP contribution >= 0.6 is 0 Å². The van der Waals surface area contributed by atoms with Crippen LogP contribution in [0.4, 0.5) is 18.9 Å². The molecule has 0 saturated carbocycles. The molecule has 1 N–H and O–H groups in total. The number of nitrogens with one attached hydrogen (secondary N) is 1. The summed E-state index contributed by atoms with van der Waals surface area (Å²) in [6, 6.07) is 0.527. The number of rotatable bonds is 6. The van der Waals surface area contributed by atoms with Crippen molar-refractivity contribution in [2.75, 3.05) is 13.1 Å². The second kappa shape index (κ2) is 6.04. The fourth-order valence-electron chi connectivity index (χ4n) is 1.57. The van der Waals surface area contributed by atoms with Crippen LogP contribution in [0.25, 0.3) is 0 Å². The van der Waals surface area contributed by atoms with Gasteiger partial charge >= 0.3 is 6.18 Å². The lowest BCUT2D eigenvalue weighted by Crippen LogP contribution is -2.42. The van der Waals surface area contributed by atoms with Gasteiger partial charge in [0.25, 0.3) is 5.69 Å². The third-order valence-electron chi connectivity index (χ3n) is 2.64. The number of Topliss-reactive ketones (excluding diaryl/α,β-unsaturated/α-hetero) is 1. The Bertz CT molecular complexity index is 497. The average Bonchev–Trinajstić information content (AvgIpc) is 2.75. The van der Waals surface area contributed by atoms with Gasteiger partial charge in [0.2, 0.25) is 0 Å². The maximum absolute atomic E-state index is 12.4. The van der Waals surface area contributed by atoms with E-state index in [1.807, 2.05) is 0 Å². The Morgan fingerprint density at radius 1 is 1.50 bits per heavy atom. The van der Waals surface area contributed by atoms with Gasteiger partial charge in [0.1, 0.15) is 0 Å². The first-order chi connectivity index (χ1) is 9.10. The number of halogens is 3. The molecule has 1 heterocycles. The minimum atomic E-state index is -4.41. The summed E-state index contributed by atoms with van der Waals surface area (Å²) in [5.41, 5.74) is -0.384. The molecule has 0 aliphatic rings. The Kier molecular flexibility index (Phi) is 4.88. The summed E-state index contributed by atoms with van der Waals surface area (Å²) in [4.78, 5) is 24.9. The molecular formula is C11H14F3N3O3. The van der Waals surface area contributed by atoms with Crippen molar-refractivity contribution in [2.24, 2.45) is 0 Å². The molecule has 1 aromatic rings. The predicted molar refractivity (Wildman–Crippen MR) is 64.5 cm³/mol. The number of alkyl halides is 3. The van der Waals surface area contributed by atoms with E-state index in [0.717, 1.165) is 17.2 Å². The Labute approximate surface area is 112 Å². The lowest BCUT2D eigenvalue weighted by molar-refractivity contribution is -0.384. The summed E-state index contributed by atoms with van der Waals surface area (Å²) in [7, 11) is 0. The lowest BCUT2D eigenvalue weighted by atomic mass is 10.2. The first kappa shape index (κ1) is 16.2. The molecule has 0 atom stereocenters. The minimum absolute atomic E-state index is 0.0791. The van der Waals surface area contributed by atoms with Gasteiger partial charge in [0, 0.05) is 12.1 Å². The summed E-state index contributed by atoms with van der Waals surface area (Å²) in [6.45, 7) is 1.40. The number of ketones is 1. The standard InChI is InChI=1S/C11H14F3N3O3/c1-7(2)16(6-11(12,13)14)5-10(18)9-3-8(4-15-9)17(19)20/h3-4,7,15H,5-6H2,1-2H3. The van der Waals surface area contributed by atoms with E-state index < -0.39 is 36.0 Å². The van der Waals surface area contributed by atoms with Gasteiger partial charge in [-0.05, 0) is 13.8 Å². The molecule has 9 heteroatoms.